The van der Waals surface area contributed by atoms with Crippen molar-refractivity contribution in [1.29, 1.82) is 0 Å². The third kappa shape index (κ3) is 4.71. The van der Waals surface area contributed by atoms with Gasteiger partial charge in [-0.3, -0.25) is 0 Å². The van der Waals surface area contributed by atoms with Crippen molar-refractivity contribution >= 4 is 11.8 Å². The van der Waals surface area contributed by atoms with E-state index in [0.29, 0.717) is 18.1 Å². The molecule has 5 nitrogen and oxygen atoms in total. The number of anilines is 1. The summed E-state index contributed by atoms with van der Waals surface area (Å²) in [4.78, 5) is 16.0. The van der Waals surface area contributed by atoms with Crippen LogP contribution in [0.4, 0.5) is 5.82 Å². The Kier molecular flexibility index (Phi) is 5.58. The lowest BCUT2D eigenvalue weighted by Crippen LogP contribution is -2.21. The number of carbonyl (C=O) groups excluding carboxylic acids is 1. The normalized spacial score (nSPS) is 12.3. The Bertz CT molecular complexity index is 394. The molecule has 0 aliphatic rings. The average molecular weight is 252 g/mol. The third-order valence-corrected chi connectivity index (χ3v) is 2.10. The first-order valence-corrected chi connectivity index (χ1v) is 5.96. The third-order valence-electron chi connectivity index (χ3n) is 2.10. The molecule has 1 N–H and O–H groups in total. The summed E-state index contributed by atoms with van der Waals surface area (Å²) in [6.07, 6.45) is -0.286. The van der Waals surface area contributed by atoms with Gasteiger partial charge in [0.05, 0.1) is 6.61 Å². The zero-order valence-corrected chi connectivity index (χ0v) is 11.3. The molecule has 0 aliphatic carbocycles. The van der Waals surface area contributed by atoms with Gasteiger partial charge < -0.3 is 14.8 Å². The fourth-order valence-electron chi connectivity index (χ4n) is 1.44. The Morgan fingerprint density at radius 3 is 2.72 bits per heavy atom. The second-order valence-corrected chi connectivity index (χ2v) is 4.38. The fourth-order valence-corrected chi connectivity index (χ4v) is 1.44. The van der Waals surface area contributed by atoms with E-state index in [1.807, 2.05) is 19.9 Å². The maximum absolute atomic E-state index is 11.8. The second kappa shape index (κ2) is 6.96. The zero-order valence-electron chi connectivity index (χ0n) is 11.3. The Hall–Kier alpha value is -1.62. The van der Waals surface area contributed by atoms with Gasteiger partial charge in [-0.1, -0.05) is 6.07 Å². The molecule has 1 aromatic heterocycles. The SMILES string of the molecule is COCC(C)OC(=O)c1cccc(NC(C)C)n1. The van der Waals surface area contributed by atoms with Gasteiger partial charge in [-0.2, -0.15) is 0 Å². The van der Waals surface area contributed by atoms with E-state index in [2.05, 4.69) is 10.3 Å². The molecule has 0 radical (unpaired) electrons. The predicted octanol–water partition coefficient (Wildman–Crippen LogP) is 2.09. The zero-order chi connectivity index (χ0) is 13.5. The average Bonchev–Trinajstić information content (AvgIpc) is 2.28. The smallest absolute Gasteiger partial charge is 0.357 e. The lowest BCUT2D eigenvalue weighted by Gasteiger charge is -2.13. The van der Waals surface area contributed by atoms with E-state index in [0.717, 1.165) is 0 Å². The van der Waals surface area contributed by atoms with Crippen LogP contribution in [0, 0.1) is 0 Å². The Labute approximate surface area is 108 Å². The van der Waals surface area contributed by atoms with Gasteiger partial charge >= 0.3 is 5.97 Å². The number of aromatic nitrogens is 1. The topological polar surface area (TPSA) is 60.5 Å². The molecule has 100 valence electrons. The van der Waals surface area contributed by atoms with Crippen molar-refractivity contribution in [2.75, 3.05) is 19.0 Å². The van der Waals surface area contributed by atoms with Crippen LogP contribution in [0.3, 0.4) is 0 Å². The molecule has 0 saturated heterocycles. The quantitative estimate of drug-likeness (QED) is 0.785. The van der Waals surface area contributed by atoms with E-state index in [4.69, 9.17) is 9.47 Å². The molecule has 1 atom stereocenters. The highest BCUT2D eigenvalue weighted by molar-refractivity contribution is 5.87. The molecule has 1 aromatic rings. The molecule has 0 aromatic carbocycles. The summed E-state index contributed by atoms with van der Waals surface area (Å²) in [7, 11) is 1.57. The summed E-state index contributed by atoms with van der Waals surface area (Å²) < 4.78 is 10.1. The van der Waals surface area contributed by atoms with Gasteiger partial charge in [0.1, 0.15) is 11.9 Å². The number of carbonyl (C=O) groups is 1. The first-order valence-electron chi connectivity index (χ1n) is 5.96. The van der Waals surface area contributed by atoms with E-state index >= 15 is 0 Å². The van der Waals surface area contributed by atoms with Crippen LogP contribution in [-0.4, -0.2) is 36.8 Å². The summed E-state index contributed by atoms with van der Waals surface area (Å²) in [5.41, 5.74) is 0.295. The summed E-state index contributed by atoms with van der Waals surface area (Å²) in [5.74, 6) is 0.228. The number of rotatable bonds is 6. The van der Waals surface area contributed by atoms with Crippen molar-refractivity contribution in [3.8, 4) is 0 Å². The van der Waals surface area contributed by atoms with E-state index in [1.54, 1.807) is 26.2 Å². The molecular weight excluding hydrogens is 232 g/mol. The fraction of sp³-hybridized carbons (Fsp3) is 0.538. The number of methoxy groups -OCH3 is 1. The number of hydrogen-bond acceptors (Lipinski definition) is 5. The predicted molar refractivity (Wildman–Crippen MR) is 69.7 cm³/mol. The highest BCUT2D eigenvalue weighted by atomic mass is 16.6. The van der Waals surface area contributed by atoms with Crippen molar-refractivity contribution < 1.29 is 14.3 Å². The molecular formula is C13H20N2O3. The highest BCUT2D eigenvalue weighted by Gasteiger charge is 2.13. The van der Waals surface area contributed by atoms with Crippen LogP contribution in [0.15, 0.2) is 18.2 Å². The first-order chi connectivity index (χ1) is 8.52. The number of nitrogens with zero attached hydrogens (tertiary/aromatic N) is 1. The lowest BCUT2D eigenvalue weighted by molar-refractivity contribution is 0.0114. The standard InChI is InChI=1S/C13H20N2O3/c1-9(2)14-12-7-5-6-11(15-12)13(16)18-10(3)8-17-4/h5-7,9-10H,8H2,1-4H3,(H,14,15). The second-order valence-electron chi connectivity index (χ2n) is 4.38. The van der Waals surface area contributed by atoms with Gasteiger partial charge in [0.25, 0.3) is 0 Å². The van der Waals surface area contributed by atoms with Gasteiger partial charge in [0, 0.05) is 13.2 Å². The number of pyridine rings is 1. The van der Waals surface area contributed by atoms with Gasteiger partial charge in [0.2, 0.25) is 0 Å². The van der Waals surface area contributed by atoms with Crippen molar-refractivity contribution in [3.05, 3.63) is 23.9 Å². The van der Waals surface area contributed by atoms with Gasteiger partial charge in [0.15, 0.2) is 5.69 Å². The van der Waals surface area contributed by atoms with E-state index in [1.165, 1.54) is 0 Å². The Morgan fingerprint density at radius 1 is 1.39 bits per heavy atom. The van der Waals surface area contributed by atoms with Crippen LogP contribution < -0.4 is 5.32 Å². The summed E-state index contributed by atoms with van der Waals surface area (Å²) in [6, 6.07) is 5.48. The summed E-state index contributed by atoms with van der Waals surface area (Å²) >= 11 is 0. The van der Waals surface area contributed by atoms with Crippen LogP contribution in [0.2, 0.25) is 0 Å². The molecule has 1 heterocycles. The van der Waals surface area contributed by atoms with Crippen molar-refractivity contribution in [1.82, 2.24) is 4.98 Å². The minimum absolute atomic E-state index is 0.260. The highest BCUT2D eigenvalue weighted by Crippen LogP contribution is 2.08. The molecule has 1 unspecified atom stereocenters. The molecule has 0 fully saturated rings. The monoisotopic (exact) mass is 252 g/mol. The number of nitrogens with one attached hydrogen (secondary N) is 1. The number of hydrogen-bond donors (Lipinski definition) is 1. The van der Waals surface area contributed by atoms with Crippen LogP contribution in [0.25, 0.3) is 0 Å². The molecule has 1 rings (SSSR count). The number of esters is 1. The molecule has 0 bridgehead atoms. The Balaban J connectivity index is 2.68. The molecule has 0 saturated carbocycles. The minimum atomic E-state index is -0.438. The minimum Gasteiger partial charge on any atom is -0.455 e. The van der Waals surface area contributed by atoms with Gasteiger partial charge in [-0.15, -0.1) is 0 Å². The molecule has 0 amide bonds. The van der Waals surface area contributed by atoms with Gasteiger partial charge in [-0.25, -0.2) is 9.78 Å². The van der Waals surface area contributed by atoms with E-state index < -0.39 is 5.97 Å². The van der Waals surface area contributed by atoms with Crippen molar-refractivity contribution in [2.45, 2.75) is 32.9 Å². The first kappa shape index (κ1) is 14.4. The summed E-state index contributed by atoms with van der Waals surface area (Å²) in [6.45, 7) is 6.16. The molecule has 0 aliphatic heterocycles. The maximum atomic E-state index is 11.8. The van der Waals surface area contributed by atoms with Crippen LogP contribution in [0.1, 0.15) is 31.3 Å². The van der Waals surface area contributed by atoms with Crippen LogP contribution in [-0.2, 0) is 9.47 Å². The maximum Gasteiger partial charge on any atom is 0.357 e. The van der Waals surface area contributed by atoms with Crippen molar-refractivity contribution in [2.24, 2.45) is 0 Å². The largest absolute Gasteiger partial charge is 0.455 e. The van der Waals surface area contributed by atoms with Crippen LogP contribution in [0.5, 0.6) is 0 Å². The van der Waals surface area contributed by atoms with Gasteiger partial charge in [-0.05, 0) is 32.9 Å². The number of ether oxygens (including phenoxy) is 2. The van der Waals surface area contributed by atoms with Crippen molar-refractivity contribution in [3.63, 3.8) is 0 Å². The molecule has 5 heteroatoms. The van der Waals surface area contributed by atoms with E-state index in [9.17, 15) is 4.79 Å². The van der Waals surface area contributed by atoms with E-state index in [-0.39, 0.29) is 12.1 Å². The summed E-state index contributed by atoms with van der Waals surface area (Å²) in [5, 5.41) is 3.13. The Morgan fingerprint density at radius 2 is 2.11 bits per heavy atom. The molecule has 18 heavy (non-hydrogen) atoms. The van der Waals surface area contributed by atoms with Crippen LogP contribution >= 0.6 is 0 Å². The molecule has 0 spiro atoms. The lowest BCUT2D eigenvalue weighted by atomic mass is 10.3.